The first-order chi connectivity index (χ1) is 20.8. The summed E-state index contributed by atoms with van der Waals surface area (Å²) in [6.07, 6.45) is 3.05. The zero-order valence-electron chi connectivity index (χ0n) is 24.2. The number of rotatable bonds is 6. The molecule has 1 aliphatic carbocycles. The highest BCUT2D eigenvalue weighted by molar-refractivity contribution is 7.16. The third kappa shape index (κ3) is 4.38. The van der Waals surface area contributed by atoms with E-state index in [0.717, 1.165) is 73.7 Å². The largest absolute Gasteiger partial charge is 0.381 e. The predicted molar refractivity (Wildman–Crippen MR) is 162 cm³/mol. The van der Waals surface area contributed by atoms with Crippen molar-refractivity contribution in [1.82, 2.24) is 19.5 Å². The van der Waals surface area contributed by atoms with Crippen molar-refractivity contribution in [2.45, 2.75) is 32.1 Å². The van der Waals surface area contributed by atoms with Gasteiger partial charge in [0.05, 0.1) is 29.4 Å². The number of nitriles is 1. The van der Waals surface area contributed by atoms with Gasteiger partial charge in [-0.3, -0.25) is 4.79 Å². The van der Waals surface area contributed by atoms with Crippen LogP contribution in [-0.2, 0) is 9.53 Å². The Balaban J connectivity index is 1.09. The minimum atomic E-state index is -0.322. The first-order valence-corrected chi connectivity index (χ1v) is 15.7. The van der Waals surface area contributed by atoms with E-state index in [-0.39, 0.29) is 23.1 Å². The predicted octanol–water partition coefficient (Wildman–Crippen LogP) is 5.11. The van der Waals surface area contributed by atoms with Crippen LogP contribution in [0.3, 0.4) is 0 Å². The number of benzene rings is 1. The molecule has 43 heavy (non-hydrogen) atoms. The summed E-state index contributed by atoms with van der Waals surface area (Å²) in [7, 11) is 1.99. The Morgan fingerprint density at radius 1 is 1.16 bits per heavy atom. The number of carbonyl (C=O) groups is 1. The Bertz CT molecular complexity index is 1780. The van der Waals surface area contributed by atoms with Gasteiger partial charge in [-0.15, -0.1) is 0 Å². The van der Waals surface area contributed by atoms with Crippen LogP contribution < -0.4 is 9.80 Å². The Kier molecular flexibility index (Phi) is 6.04. The van der Waals surface area contributed by atoms with Gasteiger partial charge in [-0.2, -0.15) is 10.4 Å². The van der Waals surface area contributed by atoms with Crippen LogP contribution in [-0.4, -0.2) is 71.8 Å². The SMILES string of the molecule is Cc1cc(N2CC3(CN(C(=O)[C@H]4CCOC4)C3)C2)cc2c(N(C)c3nc(-c4ccc(F)cc4)c(C#N)s3)c(C3CC3)nn12. The number of nitrogens with zero attached hydrogens (tertiary/aromatic N) is 7. The molecule has 8 rings (SSSR count). The molecule has 4 fully saturated rings. The van der Waals surface area contributed by atoms with E-state index >= 15 is 0 Å². The van der Waals surface area contributed by atoms with Crippen LogP contribution in [0, 0.1) is 35.4 Å². The van der Waals surface area contributed by atoms with Gasteiger partial charge in [0.1, 0.15) is 22.5 Å². The molecule has 4 aromatic rings. The third-order valence-electron chi connectivity index (χ3n) is 9.38. The highest BCUT2D eigenvalue weighted by Crippen LogP contribution is 2.49. The first kappa shape index (κ1) is 26.6. The normalized spacial score (nSPS) is 20.7. The van der Waals surface area contributed by atoms with Crippen molar-refractivity contribution in [3.8, 4) is 17.3 Å². The molecule has 1 aromatic carbocycles. The number of hydrogen-bond donors (Lipinski definition) is 0. The Morgan fingerprint density at radius 2 is 1.93 bits per heavy atom. The lowest BCUT2D eigenvalue weighted by atomic mass is 9.72. The summed E-state index contributed by atoms with van der Waals surface area (Å²) in [5.74, 6) is 0.369. The number of aromatic nitrogens is 3. The van der Waals surface area contributed by atoms with E-state index in [9.17, 15) is 14.4 Å². The fourth-order valence-electron chi connectivity index (χ4n) is 6.93. The number of amides is 1. The van der Waals surface area contributed by atoms with Crippen molar-refractivity contribution in [3.05, 3.63) is 58.5 Å². The molecule has 0 radical (unpaired) electrons. The van der Waals surface area contributed by atoms with E-state index in [2.05, 4.69) is 34.9 Å². The lowest BCUT2D eigenvalue weighted by molar-refractivity contribution is -0.149. The molecule has 6 heterocycles. The van der Waals surface area contributed by atoms with E-state index in [1.165, 1.54) is 23.5 Å². The van der Waals surface area contributed by atoms with E-state index in [4.69, 9.17) is 14.8 Å². The number of fused-ring (bicyclic) bond motifs is 1. The van der Waals surface area contributed by atoms with E-state index in [0.29, 0.717) is 40.4 Å². The molecule has 3 saturated heterocycles. The maximum atomic E-state index is 13.6. The first-order valence-electron chi connectivity index (χ1n) is 14.9. The van der Waals surface area contributed by atoms with Crippen molar-refractivity contribution in [3.63, 3.8) is 0 Å². The van der Waals surface area contributed by atoms with Crippen LogP contribution in [0.1, 0.15) is 41.4 Å². The average Bonchev–Trinajstić information content (AvgIpc) is 3.34. The quantitative estimate of drug-likeness (QED) is 0.305. The highest BCUT2D eigenvalue weighted by Gasteiger charge is 2.54. The zero-order chi connectivity index (χ0) is 29.5. The van der Waals surface area contributed by atoms with Crippen LogP contribution in [0.4, 0.5) is 20.9 Å². The lowest BCUT2D eigenvalue weighted by Gasteiger charge is -2.61. The van der Waals surface area contributed by atoms with Crippen molar-refractivity contribution in [2.75, 3.05) is 56.2 Å². The smallest absolute Gasteiger partial charge is 0.228 e. The van der Waals surface area contributed by atoms with Gasteiger partial charge >= 0.3 is 0 Å². The van der Waals surface area contributed by atoms with Crippen molar-refractivity contribution < 1.29 is 13.9 Å². The van der Waals surface area contributed by atoms with Crippen LogP contribution in [0.15, 0.2) is 36.4 Å². The van der Waals surface area contributed by atoms with Crippen LogP contribution in [0.25, 0.3) is 16.8 Å². The summed E-state index contributed by atoms with van der Waals surface area (Å²) < 4.78 is 21.0. The van der Waals surface area contributed by atoms with Crippen molar-refractivity contribution in [1.29, 1.82) is 5.26 Å². The van der Waals surface area contributed by atoms with Gasteiger partial charge in [-0.1, -0.05) is 11.3 Å². The summed E-state index contributed by atoms with van der Waals surface area (Å²) in [4.78, 5) is 24.7. The summed E-state index contributed by atoms with van der Waals surface area (Å²) >= 11 is 1.34. The monoisotopic (exact) mass is 597 g/mol. The summed E-state index contributed by atoms with van der Waals surface area (Å²) in [5.41, 5.74) is 6.78. The molecular formula is C32H32FN7O2S. The number of ether oxygens (including phenoxy) is 1. The fourth-order valence-corrected chi connectivity index (χ4v) is 7.79. The molecule has 9 nitrogen and oxygen atoms in total. The maximum absolute atomic E-state index is 13.6. The molecule has 4 aliphatic rings. The van der Waals surface area contributed by atoms with Gasteiger partial charge in [-0.25, -0.2) is 13.9 Å². The van der Waals surface area contributed by atoms with Gasteiger partial charge in [0.15, 0.2) is 5.13 Å². The average molecular weight is 598 g/mol. The number of pyridine rings is 1. The van der Waals surface area contributed by atoms with Crippen LogP contribution in [0.5, 0.6) is 0 Å². The van der Waals surface area contributed by atoms with Crippen LogP contribution in [0.2, 0.25) is 0 Å². The number of hydrogen-bond acceptors (Lipinski definition) is 8. The maximum Gasteiger partial charge on any atom is 0.228 e. The number of likely N-dealkylation sites (tertiary alicyclic amines) is 1. The van der Waals surface area contributed by atoms with E-state index < -0.39 is 0 Å². The molecule has 0 bridgehead atoms. The molecule has 3 aromatic heterocycles. The van der Waals surface area contributed by atoms with Crippen molar-refractivity contribution in [2.24, 2.45) is 11.3 Å². The molecule has 1 saturated carbocycles. The second-order valence-corrected chi connectivity index (χ2v) is 13.6. The fraction of sp³-hybridized carbons (Fsp3) is 0.438. The molecule has 1 spiro atoms. The highest BCUT2D eigenvalue weighted by atomic mass is 32.1. The summed E-state index contributed by atoms with van der Waals surface area (Å²) in [6, 6.07) is 12.8. The Morgan fingerprint density at radius 3 is 2.60 bits per heavy atom. The van der Waals surface area contributed by atoms with Crippen LogP contribution >= 0.6 is 11.3 Å². The van der Waals surface area contributed by atoms with Gasteiger partial charge in [0.2, 0.25) is 5.91 Å². The van der Waals surface area contributed by atoms with Crippen molar-refractivity contribution >= 4 is 39.3 Å². The zero-order valence-corrected chi connectivity index (χ0v) is 25.0. The Labute approximate surface area is 253 Å². The molecule has 3 aliphatic heterocycles. The third-order valence-corrected chi connectivity index (χ3v) is 10.4. The summed E-state index contributed by atoms with van der Waals surface area (Å²) in [6.45, 7) is 6.86. The molecule has 220 valence electrons. The molecule has 11 heteroatoms. The number of anilines is 3. The second-order valence-electron chi connectivity index (χ2n) is 12.6. The molecule has 0 unspecified atom stereocenters. The molecule has 1 amide bonds. The van der Waals surface area contributed by atoms with Gasteiger partial charge in [-0.05, 0) is 62.6 Å². The second kappa shape index (κ2) is 9.76. The van der Waals surface area contributed by atoms with Gasteiger partial charge in [0, 0.05) is 68.1 Å². The molecular weight excluding hydrogens is 565 g/mol. The summed E-state index contributed by atoms with van der Waals surface area (Å²) in [5, 5.41) is 15.7. The number of carbonyl (C=O) groups excluding carboxylic acids is 1. The topological polar surface area (TPSA) is 90.0 Å². The Hall–Kier alpha value is -4.01. The standard InChI is InChI=1S/C32H32FN7O2S/c1-19-11-24(38-15-32(16-38)17-39(18-32)30(41)22-9-10-42-14-22)12-25-29(28(21-3-4-21)36-40(19)25)37(2)31-35-27(26(13-34)43-31)20-5-7-23(33)8-6-20/h5-8,11-12,21-22H,3-4,9-10,14-18H2,1-2H3/t22-/m0/s1. The number of aryl methyl sites for hydroxylation is 1. The minimum Gasteiger partial charge on any atom is -0.381 e. The minimum absolute atomic E-state index is 0.0327. The van der Waals surface area contributed by atoms with Gasteiger partial charge < -0.3 is 19.4 Å². The van der Waals surface area contributed by atoms with E-state index in [1.54, 1.807) is 12.1 Å². The lowest BCUT2D eigenvalue weighted by Crippen LogP contribution is -2.73. The number of halogens is 1. The van der Waals surface area contributed by atoms with Gasteiger partial charge in [0.25, 0.3) is 0 Å². The molecule has 1 atom stereocenters. The number of thiazole rings is 1. The molecule has 0 N–H and O–H groups in total. The van der Waals surface area contributed by atoms with E-state index in [1.807, 2.05) is 16.5 Å².